The normalized spacial score (nSPS) is 16.5. The smallest absolute Gasteiger partial charge is 0.305 e. The summed E-state index contributed by atoms with van der Waals surface area (Å²) in [5.74, 6) is -1.53. The number of nitrogens with zero attached hydrogens (tertiary/aromatic N) is 2. The molecular formula is C32H36N4O5S. The van der Waals surface area contributed by atoms with E-state index in [1.54, 1.807) is 18.2 Å². The Bertz CT molecular complexity index is 1400. The molecule has 0 bridgehead atoms. The first-order chi connectivity index (χ1) is 20.4. The Kier molecular flexibility index (Phi) is 9.53. The number of nitrogens with one attached hydrogen (secondary N) is 2. The van der Waals surface area contributed by atoms with Gasteiger partial charge in [0, 0.05) is 48.1 Å². The van der Waals surface area contributed by atoms with Gasteiger partial charge in [-0.2, -0.15) is 0 Å². The summed E-state index contributed by atoms with van der Waals surface area (Å²) in [6.45, 7) is 2.22. The van der Waals surface area contributed by atoms with Crippen LogP contribution in [-0.2, 0) is 9.59 Å². The van der Waals surface area contributed by atoms with Gasteiger partial charge in [0.05, 0.1) is 23.8 Å². The fourth-order valence-electron chi connectivity index (χ4n) is 5.69. The molecule has 1 atom stereocenters. The number of piperazine rings is 1. The van der Waals surface area contributed by atoms with E-state index >= 15 is 0 Å². The molecule has 0 spiro atoms. The molecular weight excluding hydrogens is 552 g/mol. The van der Waals surface area contributed by atoms with Gasteiger partial charge in [-0.1, -0.05) is 43.5 Å². The molecule has 3 N–H and O–H groups in total. The van der Waals surface area contributed by atoms with Crippen LogP contribution in [0.15, 0.2) is 66.0 Å². The fraction of sp³-hybridized carbons (Fsp3) is 0.375. The number of amides is 3. The first kappa shape index (κ1) is 29.3. The van der Waals surface area contributed by atoms with Gasteiger partial charge in [-0.3, -0.25) is 19.2 Å². The Balaban J connectivity index is 1.35. The first-order valence-corrected chi connectivity index (χ1v) is 15.4. The van der Waals surface area contributed by atoms with Gasteiger partial charge in [0.2, 0.25) is 5.91 Å². The van der Waals surface area contributed by atoms with Gasteiger partial charge >= 0.3 is 5.97 Å². The second kappa shape index (κ2) is 13.7. The maximum atomic E-state index is 13.3. The second-order valence-corrected chi connectivity index (χ2v) is 11.8. The molecule has 0 radical (unpaired) electrons. The van der Waals surface area contributed by atoms with Crippen molar-refractivity contribution in [1.82, 2.24) is 10.2 Å². The standard InChI is InChI=1S/C32H36N4O5S/c37-29(38)21-26(28-12-7-19-42-28)34-31(40)24-13-14-27(25(20-24)33-30(39)22-8-3-1-4-9-22)35-15-17-36(18-16-35)32(41)23-10-5-2-6-11-23/h2,5-7,10-14,19-20,22,26H,1,3-4,8-9,15-18,21H2,(H,33,39)(H,34,40)(H,37,38). The topological polar surface area (TPSA) is 119 Å². The third-order valence-electron chi connectivity index (χ3n) is 7.99. The van der Waals surface area contributed by atoms with Crippen LogP contribution in [0, 0.1) is 5.92 Å². The van der Waals surface area contributed by atoms with Crippen molar-refractivity contribution in [1.29, 1.82) is 0 Å². The average molecular weight is 589 g/mol. The summed E-state index contributed by atoms with van der Waals surface area (Å²) in [6.07, 6.45) is 4.65. The van der Waals surface area contributed by atoms with Gasteiger partial charge in [0.25, 0.3) is 11.8 Å². The minimum Gasteiger partial charge on any atom is -0.481 e. The number of carbonyl (C=O) groups is 4. The number of benzene rings is 2. The summed E-state index contributed by atoms with van der Waals surface area (Å²) in [4.78, 5) is 55.8. The zero-order chi connectivity index (χ0) is 29.5. The van der Waals surface area contributed by atoms with Gasteiger partial charge in [0.15, 0.2) is 0 Å². The SMILES string of the molecule is O=C(O)CC(NC(=O)c1ccc(N2CCN(C(=O)c3ccccc3)CC2)c(NC(=O)C2CCCCC2)c1)c1cccs1. The molecule has 10 heteroatoms. The third-order valence-corrected chi connectivity index (χ3v) is 8.98. The Morgan fingerprint density at radius 1 is 0.881 bits per heavy atom. The lowest BCUT2D eigenvalue weighted by Gasteiger charge is -2.37. The van der Waals surface area contributed by atoms with E-state index in [9.17, 15) is 24.3 Å². The monoisotopic (exact) mass is 588 g/mol. The molecule has 3 aromatic rings. The summed E-state index contributed by atoms with van der Waals surface area (Å²) >= 11 is 1.39. The van der Waals surface area contributed by atoms with Gasteiger partial charge < -0.3 is 25.5 Å². The lowest BCUT2D eigenvalue weighted by atomic mass is 9.88. The fourth-order valence-corrected chi connectivity index (χ4v) is 6.47. The van der Waals surface area contributed by atoms with Crippen molar-refractivity contribution in [3.63, 3.8) is 0 Å². The number of hydrogen-bond donors (Lipinski definition) is 3. The predicted molar refractivity (Wildman–Crippen MR) is 163 cm³/mol. The van der Waals surface area contributed by atoms with Crippen LogP contribution in [0.3, 0.4) is 0 Å². The molecule has 2 fully saturated rings. The first-order valence-electron chi connectivity index (χ1n) is 14.5. The number of rotatable bonds is 9. The van der Waals surface area contributed by atoms with Crippen LogP contribution in [0.5, 0.6) is 0 Å². The minimum absolute atomic E-state index is 0.00486. The van der Waals surface area contributed by atoms with Crippen molar-refractivity contribution < 1.29 is 24.3 Å². The summed E-state index contributed by atoms with van der Waals surface area (Å²) in [7, 11) is 0. The summed E-state index contributed by atoms with van der Waals surface area (Å²) in [5, 5.41) is 17.2. The average Bonchev–Trinajstić information content (AvgIpc) is 3.56. The van der Waals surface area contributed by atoms with Crippen molar-refractivity contribution in [3.05, 3.63) is 82.0 Å². The van der Waals surface area contributed by atoms with Gasteiger partial charge in [-0.25, -0.2) is 0 Å². The van der Waals surface area contributed by atoms with Crippen molar-refractivity contribution in [2.24, 2.45) is 5.92 Å². The van der Waals surface area contributed by atoms with Crippen LogP contribution >= 0.6 is 11.3 Å². The number of carboxylic acids is 1. The summed E-state index contributed by atoms with van der Waals surface area (Å²) in [5.41, 5.74) is 2.34. The number of carboxylic acid groups (broad SMARTS) is 1. The molecule has 1 aliphatic carbocycles. The lowest BCUT2D eigenvalue weighted by Crippen LogP contribution is -2.49. The molecule has 1 unspecified atom stereocenters. The molecule has 1 saturated heterocycles. The predicted octanol–water partition coefficient (Wildman–Crippen LogP) is 5.18. The van der Waals surface area contributed by atoms with Crippen LogP contribution in [0.25, 0.3) is 0 Å². The van der Waals surface area contributed by atoms with E-state index in [1.165, 1.54) is 11.3 Å². The van der Waals surface area contributed by atoms with Crippen LogP contribution in [-0.4, -0.2) is 59.9 Å². The number of anilines is 2. The molecule has 3 amide bonds. The highest BCUT2D eigenvalue weighted by Gasteiger charge is 2.27. The number of aliphatic carboxylic acids is 1. The van der Waals surface area contributed by atoms with Crippen LogP contribution in [0.1, 0.15) is 70.2 Å². The molecule has 5 rings (SSSR count). The minimum atomic E-state index is -1.01. The Morgan fingerprint density at radius 3 is 2.29 bits per heavy atom. The highest BCUT2D eigenvalue weighted by atomic mass is 32.1. The van der Waals surface area contributed by atoms with Crippen molar-refractivity contribution in [2.45, 2.75) is 44.6 Å². The van der Waals surface area contributed by atoms with Gasteiger partial charge in [-0.05, 0) is 54.6 Å². The van der Waals surface area contributed by atoms with Crippen LogP contribution < -0.4 is 15.5 Å². The summed E-state index contributed by atoms with van der Waals surface area (Å²) < 4.78 is 0. The maximum absolute atomic E-state index is 13.3. The van der Waals surface area contributed by atoms with E-state index in [0.717, 1.165) is 42.7 Å². The van der Waals surface area contributed by atoms with Crippen LogP contribution in [0.4, 0.5) is 11.4 Å². The van der Waals surface area contributed by atoms with E-state index in [-0.39, 0.29) is 24.2 Å². The van der Waals surface area contributed by atoms with E-state index < -0.39 is 17.9 Å². The van der Waals surface area contributed by atoms with Crippen molar-refractivity contribution in [2.75, 3.05) is 36.4 Å². The molecule has 1 aromatic heterocycles. The molecule has 220 valence electrons. The summed E-state index contributed by atoms with van der Waals surface area (Å²) in [6, 6.07) is 17.4. The lowest BCUT2D eigenvalue weighted by molar-refractivity contribution is -0.137. The molecule has 1 aliphatic heterocycles. The molecule has 42 heavy (non-hydrogen) atoms. The van der Waals surface area contributed by atoms with E-state index in [2.05, 4.69) is 15.5 Å². The number of hydrogen-bond acceptors (Lipinski definition) is 6. The van der Waals surface area contributed by atoms with Crippen molar-refractivity contribution in [3.8, 4) is 0 Å². The number of carbonyl (C=O) groups excluding carboxylic acids is 3. The molecule has 1 saturated carbocycles. The van der Waals surface area contributed by atoms with Crippen molar-refractivity contribution >= 4 is 46.4 Å². The largest absolute Gasteiger partial charge is 0.481 e. The highest BCUT2D eigenvalue weighted by molar-refractivity contribution is 7.10. The Hall–Kier alpha value is -4.18. The second-order valence-electron chi connectivity index (χ2n) is 10.8. The zero-order valence-corrected chi connectivity index (χ0v) is 24.3. The van der Waals surface area contributed by atoms with Crippen LogP contribution in [0.2, 0.25) is 0 Å². The Morgan fingerprint density at radius 2 is 1.62 bits per heavy atom. The van der Waals surface area contributed by atoms with E-state index in [4.69, 9.17) is 0 Å². The van der Waals surface area contributed by atoms with Gasteiger partial charge in [-0.15, -0.1) is 11.3 Å². The van der Waals surface area contributed by atoms with Gasteiger partial charge in [0.1, 0.15) is 0 Å². The number of thiophene rings is 1. The van der Waals surface area contributed by atoms with E-state index in [1.807, 2.05) is 52.7 Å². The third kappa shape index (κ3) is 7.17. The molecule has 2 heterocycles. The van der Waals surface area contributed by atoms with E-state index in [0.29, 0.717) is 43.0 Å². The molecule has 2 aliphatic rings. The molecule has 9 nitrogen and oxygen atoms in total. The quantitative estimate of drug-likeness (QED) is 0.317. The Labute approximate surface area is 249 Å². The molecule has 2 aromatic carbocycles. The highest BCUT2D eigenvalue weighted by Crippen LogP contribution is 2.32. The zero-order valence-electron chi connectivity index (χ0n) is 23.5. The maximum Gasteiger partial charge on any atom is 0.305 e.